The van der Waals surface area contributed by atoms with Crippen LogP contribution in [0.4, 0.5) is 0 Å². The first-order valence-corrected chi connectivity index (χ1v) is 6.72. The standard InChI is InChI=1S/C15H22N2O4/c1-20-13(9-16)8-14(18)17(11-15(19)21-2)10-12-6-4-3-5-7-12/h3-7,13H,8-11,16H2,1-2H3. The summed E-state index contributed by atoms with van der Waals surface area (Å²) in [5.74, 6) is -0.650. The third-order valence-electron chi connectivity index (χ3n) is 3.12. The third-order valence-corrected chi connectivity index (χ3v) is 3.12. The van der Waals surface area contributed by atoms with E-state index in [1.807, 2.05) is 30.3 Å². The number of rotatable bonds is 8. The summed E-state index contributed by atoms with van der Waals surface area (Å²) in [5, 5.41) is 0. The van der Waals surface area contributed by atoms with Gasteiger partial charge in [0.05, 0.1) is 19.6 Å². The molecule has 6 nitrogen and oxygen atoms in total. The van der Waals surface area contributed by atoms with Gasteiger partial charge in [0.1, 0.15) is 6.54 Å². The topological polar surface area (TPSA) is 81.9 Å². The maximum Gasteiger partial charge on any atom is 0.325 e. The van der Waals surface area contributed by atoms with Gasteiger partial charge in [0.25, 0.3) is 0 Å². The Balaban J connectivity index is 2.76. The Morgan fingerprint density at radius 2 is 1.90 bits per heavy atom. The maximum atomic E-state index is 12.3. The zero-order valence-corrected chi connectivity index (χ0v) is 12.5. The number of amides is 1. The van der Waals surface area contributed by atoms with Gasteiger partial charge in [-0.3, -0.25) is 9.59 Å². The lowest BCUT2D eigenvalue weighted by Crippen LogP contribution is -2.39. The zero-order chi connectivity index (χ0) is 15.7. The molecule has 1 aromatic rings. The van der Waals surface area contributed by atoms with Gasteiger partial charge in [-0.05, 0) is 5.56 Å². The Kier molecular flexibility index (Phi) is 7.42. The maximum absolute atomic E-state index is 12.3. The molecule has 0 heterocycles. The van der Waals surface area contributed by atoms with Crippen LogP contribution in [0, 0.1) is 0 Å². The molecule has 6 heteroatoms. The highest BCUT2D eigenvalue weighted by Crippen LogP contribution is 2.08. The number of nitrogens with two attached hydrogens (primary N) is 1. The molecule has 0 aliphatic carbocycles. The van der Waals surface area contributed by atoms with Gasteiger partial charge in [0.15, 0.2) is 0 Å². The fraction of sp³-hybridized carbons (Fsp3) is 0.467. The highest BCUT2D eigenvalue weighted by molar-refractivity contribution is 5.82. The van der Waals surface area contributed by atoms with Gasteiger partial charge >= 0.3 is 5.97 Å². The van der Waals surface area contributed by atoms with Crippen molar-refractivity contribution in [3.63, 3.8) is 0 Å². The number of hydrogen-bond donors (Lipinski definition) is 1. The molecule has 0 bridgehead atoms. The van der Waals surface area contributed by atoms with Crippen molar-refractivity contribution in [1.29, 1.82) is 0 Å². The van der Waals surface area contributed by atoms with E-state index in [1.54, 1.807) is 0 Å². The second-order valence-electron chi connectivity index (χ2n) is 4.61. The van der Waals surface area contributed by atoms with Crippen molar-refractivity contribution in [1.82, 2.24) is 4.90 Å². The van der Waals surface area contributed by atoms with Crippen LogP contribution in [-0.2, 0) is 25.6 Å². The highest BCUT2D eigenvalue weighted by atomic mass is 16.5. The molecule has 0 radical (unpaired) electrons. The number of esters is 1. The molecule has 1 aromatic carbocycles. The SMILES string of the molecule is COC(=O)CN(Cc1ccccc1)C(=O)CC(CN)OC. The molecule has 0 saturated heterocycles. The minimum atomic E-state index is -0.457. The second-order valence-corrected chi connectivity index (χ2v) is 4.61. The minimum Gasteiger partial charge on any atom is -0.468 e. The highest BCUT2D eigenvalue weighted by Gasteiger charge is 2.21. The van der Waals surface area contributed by atoms with E-state index in [1.165, 1.54) is 19.1 Å². The van der Waals surface area contributed by atoms with E-state index in [4.69, 9.17) is 10.5 Å². The van der Waals surface area contributed by atoms with Crippen molar-refractivity contribution < 1.29 is 19.1 Å². The number of hydrogen-bond acceptors (Lipinski definition) is 5. The van der Waals surface area contributed by atoms with Crippen molar-refractivity contribution in [2.75, 3.05) is 27.3 Å². The molecule has 0 aliphatic heterocycles. The molecule has 116 valence electrons. The van der Waals surface area contributed by atoms with E-state index in [-0.39, 0.29) is 31.5 Å². The first-order valence-electron chi connectivity index (χ1n) is 6.72. The summed E-state index contributed by atoms with van der Waals surface area (Å²) >= 11 is 0. The van der Waals surface area contributed by atoms with Crippen molar-refractivity contribution in [2.24, 2.45) is 5.73 Å². The van der Waals surface area contributed by atoms with Crippen LogP contribution in [0.1, 0.15) is 12.0 Å². The molecule has 2 N–H and O–H groups in total. The van der Waals surface area contributed by atoms with Crippen LogP contribution >= 0.6 is 0 Å². The second kappa shape index (κ2) is 9.10. The third kappa shape index (κ3) is 5.93. The lowest BCUT2D eigenvalue weighted by molar-refractivity contribution is -0.148. The predicted octanol–water partition coefficient (Wildman–Crippen LogP) is 0.552. The van der Waals surface area contributed by atoms with Crippen LogP contribution in [0.15, 0.2) is 30.3 Å². The summed E-state index contributed by atoms with van der Waals surface area (Å²) < 4.78 is 9.75. The largest absolute Gasteiger partial charge is 0.468 e. The summed E-state index contributed by atoms with van der Waals surface area (Å²) in [6.45, 7) is 0.501. The van der Waals surface area contributed by atoms with Gasteiger partial charge in [-0.25, -0.2) is 0 Å². The van der Waals surface area contributed by atoms with Crippen LogP contribution in [-0.4, -0.2) is 50.2 Å². The van der Waals surface area contributed by atoms with Gasteiger partial charge in [0, 0.05) is 20.2 Å². The molecule has 0 fully saturated rings. The van der Waals surface area contributed by atoms with E-state index in [2.05, 4.69) is 4.74 Å². The summed E-state index contributed by atoms with van der Waals surface area (Å²) in [7, 11) is 2.80. The Hall–Kier alpha value is -1.92. The van der Waals surface area contributed by atoms with Crippen LogP contribution in [0.3, 0.4) is 0 Å². The molecule has 0 saturated carbocycles. The van der Waals surface area contributed by atoms with Gasteiger partial charge in [-0.15, -0.1) is 0 Å². The van der Waals surface area contributed by atoms with Crippen molar-refractivity contribution in [3.8, 4) is 0 Å². The van der Waals surface area contributed by atoms with E-state index >= 15 is 0 Å². The average molecular weight is 294 g/mol. The van der Waals surface area contributed by atoms with Crippen molar-refractivity contribution in [2.45, 2.75) is 19.1 Å². The van der Waals surface area contributed by atoms with E-state index < -0.39 is 5.97 Å². The van der Waals surface area contributed by atoms with E-state index in [0.717, 1.165) is 5.56 Å². The van der Waals surface area contributed by atoms with Gasteiger partial charge in [-0.2, -0.15) is 0 Å². The fourth-order valence-electron chi connectivity index (χ4n) is 1.84. The van der Waals surface area contributed by atoms with E-state index in [0.29, 0.717) is 6.54 Å². The monoisotopic (exact) mass is 294 g/mol. The molecule has 1 rings (SSSR count). The quantitative estimate of drug-likeness (QED) is 0.708. The number of benzene rings is 1. The molecule has 1 unspecified atom stereocenters. The first-order chi connectivity index (χ1) is 10.1. The molecule has 0 aliphatic rings. The minimum absolute atomic E-state index is 0.0920. The van der Waals surface area contributed by atoms with Crippen LogP contribution in [0.25, 0.3) is 0 Å². The fourth-order valence-corrected chi connectivity index (χ4v) is 1.84. The summed E-state index contributed by atoms with van der Waals surface area (Å²) in [6, 6.07) is 9.45. The normalized spacial score (nSPS) is 11.8. The molecule has 1 atom stereocenters. The van der Waals surface area contributed by atoms with Crippen LogP contribution in [0.5, 0.6) is 0 Å². The number of methoxy groups -OCH3 is 2. The first kappa shape index (κ1) is 17.1. The molecular weight excluding hydrogens is 272 g/mol. The smallest absolute Gasteiger partial charge is 0.325 e. The Bertz CT molecular complexity index is 446. The molecule has 21 heavy (non-hydrogen) atoms. The van der Waals surface area contributed by atoms with Crippen LogP contribution < -0.4 is 5.73 Å². The zero-order valence-electron chi connectivity index (χ0n) is 12.5. The predicted molar refractivity (Wildman–Crippen MR) is 78.3 cm³/mol. The van der Waals surface area contributed by atoms with Crippen molar-refractivity contribution in [3.05, 3.63) is 35.9 Å². The average Bonchev–Trinajstić information content (AvgIpc) is 2.52. The number of nitrogens with zero attached hydrogens (tertiary/aromatic N) is 1. The number of carbonyl (C=O) groups excluding carboxylic acids is 2. The lowest BCUT2D eigenvalue weighted by Gasteiger charge is -2.23. The Labute approximate surface area is 124 Å². The van der Waals surface area contributed by atoms with Gasteiger partial charge in [-0.1, -0.05) is 30.3 Å². The number of ether oxygens (including phenoxy) is 2. The van der Waals surface area contributed by atoms with Gasteiger partial charge < -0.3 is 20.1 Å². The summed E-state index contributed by atoms with van der Waals surface area (Å²) in [4.78, 5) is 25.2. The lowest BCUT2D eigenvalue weighted by atomic mass is 10.2. The van der Waals surface area contributed by atoms with Crippen LogP contribution in [0.2, 0.25) is 0 Å². The molecule has 1 amide bonds. The summed E-state index contributed by atoms with van der Waals surface area (Å²) in [5.41, 5.74) is 6.47. The Morgan fingerprint density at radius 3 is 2.43 bits per heavy atom. The molecular formula is C15H22N2O4. The molecule has 0 spiro atoms. The van der Waals surface area contributed by atoms with Gasteiger partial charge in [0.2, 0.25) is 5.91 Å². The summed E-state index contributed by atoms with van der Waals surface area (Å²) in [6.07, 6.45) is -0.218. The number of carbonyl (C=O) groups is 2. The Morgan fingerprint density at radius 1 is 1.24 bits per heavy atom. The van der Waals surface area contributed by atoms with Crippen molar-refractivity contribution >= 4 is 11.9 Å². The van der Waals surface area contributed by atoms with E-state index in [9.17, 15) is 9.59 Å². The molecule has 0 aromatic heterocycles.